The molecule has 0 fully saturated rings. The number of nitrogens with zero attached hydrogens (tertiary/aromatic N) is 3. The van der Waals surface area contributed by atoms with E-state index in [-0.39, 0.29) is 12.2 Å². The first-order valence-electron chi connectivity index (χ1n) is 8.91. The average molecular weight is 420 g/mol. The van der Waals surface area contributed by atoms with E-state index in [0.29, 0.717) is 22.0 Å². The number of rotatable bonds is 5. The van der Waals surface area contributed by atoms with Crippen LogP contribution in [0.2, 0.25) is 5.02 Å². The Morgan fingerprint density at radius 1 is 1.14 bits per heavy atom. The van der Waals surface area contributed by atoms with Gasteiger partial charge in [-0.15, -0.1) is 0 Å². The van der Waals surface area contributed by atoms with Crippen LogP contribution in [0.15, 0.2) is 48.9 Å². The van der Waals surface area contributed by atoms with Crippen LogP contribution in [-0.2, 0) is 16.1 Å². The second kappa shape index (κ2) is 8.29. The van der Waals surface area contributed by atoms with Crippen LogP contribution in [0.3, 0.4) is 0 Å². The summed E-state index contributed by atoms with van der Waals surface area (Å²) in [5.41, 5.74) is 1.27. The van der Waals surface area contributed by atoms with Crippen molar-refractivity contribution in [1.29, 1.82) is 0 Å². The molecule has 3 rings (SSSR count). The number of benzene rings is 1. The first-order chi connectivity index (χ1) is 13.6. The first-order valence-corrected chi connectivity index (χ1v) is 9.29. The molecule has 1 aromatic carbocycles. The van der Waals surface area contributed by atoms with Crippen molar-refractivity contribution in [2.24, 2.45) is 0 Å². The van der Waals surface area contributed by atoms with Crippen molar-refractivity contribution in [3.63, 3.8) is 0 Å². The molecule has 0 saturated carbocycles. The van der Waals surface area contributed by atoms with E-state index >= 15 is 0 Å². The fourth-order valence-corrected chi connectivity index (χ4v) is 2.98. The van der Waals surface area contributed by atoms with Crippen LogP contribution >= 0.6 is 11.6 Å². The van der Waals surface area contributed by atoms with Gasteiger partial charge in [0.1, 0.15) is 17.8 Å². The lowest BCUT2D eigenvalue weighted by molar-refractivity contribution is -0.155. The van der Waals surface area contributed by atoms with Gasteiger partial charge < -0.3 is 9.30 Å². The fraction of sp³-hybridized carbons (Fsp3) is 0.286. The molecule has 0 N–H and O–H groups in total. The Balaban J connectivity index is 2.09. The maximum atomic E-state index is 13.2. The monoisotopic (exact) mass is 419 g/mol. The van der Waals surface area contributed by atoms with Crippen LogP contribution in [0, 0.1) is 0 Å². The molecule has 152 valence electrons. The zero-order chi connectivity index (χ0) is 21.2. The SMILES string of the molecule is CC(C)(C)OC(=O)Cn1cnc(-c2ccc(Cl)cc2)c1-c1ccnc(C(F)F)c1. The summed E-state index contributed by atoms with van der Waals surface area (Å²) in [4.78, 5) is 20.5. The van der Waals surface area contributed by atoms with Gasteiger partial charge in [0.25, 0.3) is 6.43 Å². The zero-order valence-corrected chi connectivity index (χ0v) is 17.0. The second-order valence-corrected chi connectivity index (χ2v) is 7.87. The molecule has 0 aliphatic heterocycles. The van der Waals surface area contributed by atoms with E-state index in [9.17, 15) is 13.6 Å². The Morgan fingerprint density at radius 2 is 1.83 bits per heavy atom. The fourth-order valence-electron chi connectivity index (χ4n) is 2.85. The molecular weight excluding hydrogens is 400 g/mol. The van der Waals surface area contributed by atoms with E-state index in [0.717, 1.165) is 5.56 Å². The first kappa shape index (κ1) is 20.9. The molecule has 0 amide bonds. The molecule has 0 aliphatic carbocycles. The van der Waals surface area contributed by atoms with Gasteiger partial charge in [0, 0.05) is 22.3 Å². The van der Waals surface area contributed by atoms with E-state index in [1.807, 2.05) is 0 Å². The van der Waals surface area contributed by atoms with Crippen molar-refractivity contribution < 1.29 is 18.3 Å². The molecule has 0 bridgehead atoms. The Labute approximate surface area is 172 Å². The third kappa shape index (κ3) is 5.17. The van der Waals surface area contributed by atoms with Gasteiger partial charge in [-0.05, 0) is 45.0 Å². The lowest BCUT2D eigenvalue weighted by atomic mass is 10.0. The molecule has 0 spiro atoms. The Kier molecular flexibility index (Phi) is 5.98. The minimum atomic E-state index is -2.71. The quantitative estimate of drug-likeness (QED) is 0.509. The summed E-state index contributed by atoms with van der Waals surface area (Å²) in [6.07, 6.45) is 0.0926. The lowest BCUT2D eigenvalue weighted by Gasteiger charge is -2.20. The number of carbonyl (C=O) groups excluding carboxylic acids is 1. The van der Waals surface area contributed by atoms with Gasteiger partial charge in [-0.1, -0.05) is 23.7 Å². The summed E-state index contributed by atoms with van der Waals surface area (Å²) >= 11 is 5.97. The highest BCUT2D eigenvalue weighted by Crippen LogP contribution is 2.33. The molecule has 5 nitrogen and oxygen atoms in total. The minimum absolute atomic E-state index is 0.112. The van der Waals surface area contributed by atoms with Crippen molar-refractivity contribution in [3.05, 3.63) is 59.6 Å². The summed E-state index contributed by atoms with van der Waals surface area (Å²) in [7, 11) is 0. The molecule has 29 heavy (non-hydrogen) atoms. The molecule has 3 aromatic rings. The van der Waals surface area contributed by atoms with Crippen LogP contribution in [0.1, 0.15) is 32.9 Å². The predicted octanol–water partition coefficient (Wildman–Crippen LogP) is 5.54. The number of hydrogen-bond acceptors (Lipinski definition) is 4. The van der Waals surface area contributed by atoms with Crippen LogP contribution in [-0.4, -0.2) is 26.1 Å². The molecule has 0 aliphatic rings. The highest BCUT2D eigenvalue weighted by Gasteiger charge is 2.21. The molecule has 2 heterocycles. The molecule has 0 saturated heterocycles. The third-order valence-electron chi connectivity index (χ3n) is 3.95. The van der Waals surface area contributed by atoms with E-state index in [1.54, 1.807) is 55.7 Å². The smallest absolute Gasteiger partial charge is 0.326 e. The number of alkyl halides is 2. The molecular formula is C21H20ClF2N3O2. The largest absolute Gasteiger partial charge is 0.459 e. The van der Waals surface area contributed by atoms with E-state index in [1.165, 1.54) is 18.6 Å². The Bertz CT molecular complexity index is 1010. The summed E-state index contributed by atoms with van der Waals surface area (Å²) < 4.78 is 33.3. The summed E-state index contributed by atoms with van der Waals surface area (Å²) in [5, 5.41) is 0.562. The zero-order valence-electron chi connectivity index (χ0n) is 16.2. The normalized spacial score (nSPS) is 11.7. The number of aromatic nitrogens is 3. The summed E-state index contributed by atoms with van der Waals surface area (Å²) in [5.74, 6) is -0.457. The lowest BCUT2D eigenvalue weighted by Crippen LogP contribution is -2.26. The number of halogens is 3. The Morgan fingerprint density at radius 3 is 2.45 bits per heavy atom. The number of pyridine rings is 1. The van der Waals surface area contributed by atoms with Crippen molar-refractivity contribution in [2.75, 3.05) is 0 Å². The number of esters is 1. The predicted molar refractivity (Wildman–Crippen MR) is 107 cm³/mol. The number of hydrogen-bond donors (Lipinski definition) is 0. The second-order valence-electron chi connectivity index (χ2n) is 7.43. The topological polar surface area (TPSA) is 57.0 Å². The van der Waals surface area contributed by atoms with Crippen molar-refractivity contribution in [3.8, 4) is 22.5 Å². The summed E-state index contributed by atoms with van der Waals surface area (Å²) in [6.45, 7) is 5.21. The number of imidazole rings is 1. The van der Waals surface area contributed by atoms with Crippen LogP contribution < -0.4 is 0 Å². The molecule has 0 atom stereocenters. The van der Waals surface area contributed by atoms with Crippen molar-refractivity contribution >= 4 is 17.6 Å². The maximum absolute atomic E-state index is 13.2. The molecule has 2 aromatic heterocycles. The highest BCUT2D eigenvalue weighted by molar-refractivity contribution is 6.30. The van der Waals surface area contributed by atoms with Crippen molar-refractivity contribution in [1.82, 2.24) is 14.5 Å². The minimum Gasteiger partial charge on any atom is -0.459 e. The van der Waals surface area contributed by atoms with Gasteiger partial charge in [0.15, 0.2) is 0 Å². The molecule has 0 radical (unpaired) electrons. The van der Waals surface area contributed by atoms with Crippen LogP contribution in [0.25, 0.3) is 22.5 Å². The maximum Gasteiger partial charge on any atom is 0.326 e. The standard InChI is InChI=1S/C21H20ClF2N3O2/c1-21(2,3)29-17(28)11-27-12-26-18(13-4-6-15(22)7-5-13)19(27)14-8-9-25-16(10-14)20(23)24/h4-10,12,20H,11H2,1-3H3. The average Bonchev–Trinajstić information content (AvgIpc) is 3.04. The summed E-state index contributed by atoms with van der Waals surface area (Å²) in [6, 6.07) is 9.89. The van der Waals surface area contributed by atoms with Gasteiger partial charge in [-0.3, -0.25) is 9.78 Å². The van der Waals surface area contributed by atoms with Gasteiger partial charge in [0.05, 0.1) is 17.7 Å². The van der Waals surface area contributed by atoms with Crippen LogP contribution in [0.5, 0.6) is 0 Å². The van der Waals surface area contributed by atoms with Gasteiger partial charge in [-0.25, -0.2) is 13.8 Å². The van der Waals surface area contributed by atoms with Gasteiger partial charge in [0.2, 0.25) is 0 Å². The van der Waals surface area contributed by atoms with Gasteiger partial charge in [-0.2, -0.15) is 0 Å². The third-order valence-corrected chi connectivity index (χ3v) is 4.20. The van der Waals surface area contributed by atoms with E-state index in [4.69, 9.17) is 16.3 Å². The van der Waals surface area contributed by atoms with Crippen LogP contribution in [0.4, 0.5) is 8.78 Å². The van der Waals surface area contributed by atoms with E-state index in [2.05, 4.69) is 9.97 Å². The highest BCUT2D eigenvalue weighted by atomic mass is 35.5. The van der Waals surface area contributed by atoms with Gasteiger partial charge >= 0.3 is 5.97 Å². The van der Waals surface area contributed by atoms with Crippen molar-refractivity contribution in [2.45, 2.75) is 39.3 Å². The number of ether oxygens (including phenoxy) is 1. The molecule has 0 unspecified atom stereocenters. The van der Waals surface area contributed by atoms with E-state index < -0.39 is 18.0 Å². The Hall–Kier alpha value is -2.80. The molecule has 8 heteroatoms. The number of carbonyl (C=O) groups is 1.